The van der Waals surface area contributed by atoms with Gasteiger partial charge in [-0.1, -0.05) is 13.0 Å². The maximum absolute atomic E-state index is 11.9. The zero-order valence-corrected chi connectivity index (χ0v) is 9.66. The molecule has 4 N–H and O–H groups in total. The minimum Gasteiger partial charge on any atom is -0.398 e. The van der Waals surface area contributed by atoms with Crippen molar-refractivity contribution in [2.45, 2.75) is 26.3 Å². The second-order valence-electron chi connectivity index (χ2n) is 3.78. The van der Waals surface area contributed by atoms with Gasteiger partial charge in [-0.2, -0.15) is 0 Å². The van der Waals surface area contributed by atoms with Crippen LogP contribution < -0.4 is 11.1 Å². The molecule has 88 valence electrons. The van der Waals surface area contributed by atoms with Crippen molar-refractivity contribution < 1.29 is 9.90 Å². The van der Waals surface area contributed by atoms with Crippen molar-refractivity contribution in [1.82, 2.24) is 5.32 Å². The summed E-state index contributed by atoms with van der Waals surface area (Å²) in [6.45, 7) is 3.67. The van der Waals surface area contributed by atoms with E-state index >= 15 is 0 Å². The second kappa shape index (κ2) is 5.51. The Kier molecular flexibility index (Phi) is 4.31. The lowest BCUT2D eigenvalue weighted by Crippen LogP contribution is -2.37. The first-order valence-electron chi connectivity index (χ1n) is 5.37. The van der Waals surface area contributed by atoms with Crippen molar-refractivity contribution in [1.29, 1.82) is 0 Å². The van der Waals surface area contributed by atoms with Crippen LogP contribution in [0.3, 0.4) is 0 Å². The predicted octanol–water partition coefficient (Wildman–Crippen LogP) is 1.08. The standard InChI is InChI=1S/C12H18N2O2/c1-3-9(7-15)14-12(16)10-5-4-6-11(13)8(10)2/h4-6,9,15H,3,7,13H2,1-2H3,(H,14,16). The van der Waals surface area contributed by atoms with Crippen LogP contribution >= 0.6 is 0 Å². The van der Waals surface area contributed by atoms with Crippen LogP contribution in [0.4, 0.5) is 5.69 Å². The van der Waals surface area contributed by atoms with E-state index in [1.165, 1.54) is 0 Å². The number of hydrogen-bond acceptors (Lipinski definition) is 3. The molecule has 4 heteroatoms. The SMILES string of the molecule is CCC(CO)NC(=O)c1cccc(N)c1C. The molecule has 1 aromatic rings. The Labute approximate surface area is 95.5 Å². The van der Waals surface area contributed by atoms with Crippen molar-refractivity contribution in [3.05, 3.63) is 29.3 Å². The van der Waals surface area contributed by atoms with Gasteiger partial charge in [0.15, 0.2) is 0 Å². The van der Waals surface area contributed by atoms with Gasteiger partial charge in [-0.15, -0.1) is 0 Å². The van der Waals surface area contributed by atoms with Gasteiger partial charge in [0.05, 0.1) is 12.6 Å². The van der Waals surface area contributed by atoms with Crippen LogP contribution in [0, 0.1) is 6.92 Å². The summed E-state index contributed by atoms with van der Waals surface area (Å²) in [5, 5.41) is 11.8. The zero-order valence-electron chi connectivity index (χ0n) is 9.66. The van der Waals surface area contributed by atoms with Gasteiger partial charge in [0.25, 0.3) is 5.91 Å². The fourth-order valence-electron chi connectivity index (χ4n) is 1.44. The lowest BCUT2D eigenvalue weighted by molar-refractivity contribution is 0.0914. The third-order valence-electron chi connectivity index (χ3n) is 2.67. The molecule has 1 atom stereocenters. The molecule has 0 saturated heterocycles. The molecule has 1 amide bonds. The molecular weight excluding hydrogens is 204 g/mol. The van der Waals surface area contributed by atoms with Crippen molar-refractivity contribution in [3.63, 3.8) is 0 Å². The van der Waals surface area contributed by atoms with Crippen LogP contribution in [0.1, 0.15) is 29.3 Å². The first-order valence-corrected chi connectivity index (χ1v) is 5.37. The van der Waals surface area contributed by atoms with E-state index in [1.807, 2.05) is 13.8 Å². The molecule has 0 aliphatic carbocycles. The number of aliphatic hydroxyl groups is 1. The van der Waals surface area contributed by atoms with Crippen LogP contribution in [-0.2, 0) is 0 Å². The molecule has 1 unspecified atom stereocenters. The van der Waals surface area contributed by atoms with E-state index in [-0.39, 0.29) is 18.6 Å². The monoisotopic (exact) mass is 222 g/mol. The number of nitrogen functional groups attached to an aromatic ring is 1. The van der Waals surface area contributed by atoms with Crippen molar-refractivity contribution in [2.75, 3.05) is 12.3 Å². The van der Waals surface area contributed by atoms with Crippen LogP contribution in [-0.4, -0.2) is 23.7 Å². The number of carbonyl (C=O) groups excluding carboxylic acids is 1. The maximum atomic E-state index is 11.9. The van der Waals surface area contributed by atoms with Gasteiger partial charge in [0.2, 0.25) is 0 Å². The van der Waals surface area contributed by atoms with Crippen LogP contribution in [0.2, 0.25) is 0 Å². The molecular formula is C12H18N2O2. The number of carbonyl (C=O) groups is 1. The van der Waals surface area contributed by atoms with E-state index in [0.29, 0.717) is 17.7 Å². The number of nitrogens with one attached hydrogen (secondary N) is 1. The molecule has 0 saturated carbocycles. The minimum absolute atomic E-state index is 0.0520. The van der Waals surface area contributed by atoms with Crippen LogP contribution in [0.5, 0.6) is 0 Å². The smallest absolute Gasteiger partial charge is 0.251 e. The summed E-state index contributed by atoms with van der Waals surface area (Å²) in [4.78, 5) is 11.9. The van der Waals surface area contributed by atoms with Crippen molar-refractivity contribution >= 4 is 11.6 Å². The Morgan fingerprint density at radius 2 is 2.25 bits per heavy atom. The molecule has 0 fully saturated rings. The lowest BCUT2D eigenvalue weighted by Gasteiger charge is -2.15. The number of amides is 1. The fraction of sp³-hybridized carbons (Fsp3) is 0.417. The molecule has 0 aliphatic heterocycles. The normalized spacial score (nSPS) is 12.2. The minimum atomic E-state index is -0.201. The van der Waals surface area contributed by atoms with Gasteiger partial charge in [0, 0.05) is 11.3 Å². The highest BCUT2D eigenvalue weighted by Crippen LogP contribution is 2.15. The Morgan fingerprint density at radius 3 is 2.81 bits per heavy atom. The highest BCUT2D eigenvalue weighted by Gasteiger charge is 2.13. The Hall–Kier alpha value is -1.55. The Morgan fingerprint density at radius 1 is 1.56 bits per heavy atom. The summed E-state index contributed by atoms with van der Waals surface area (Å²) >= 11 is 0. The first kappa shape index (κ1) is 12.5. The van der Waals surface area contributed by atoms with Gasteiger partial charge in [0.1, 0.15) is 0 Å². The van der Waals surface area contributed by atoms with Crippen LogP contribution in [0.25, 0.3) is 0 Å². The molecule has 4 nitrogen and oxygen atoms in total. The number of rotatable bonds is 4. The van der Waals surface area contributed by atoms with Crippen molar-refractivity contribution in [2.24, 2.45) is 0 Å². The molecule has 0 spiro atoms. The summed E-state index contributed by atoms with van der Waals surface area (Å²) in [6, 6.07) is 5.03. The maximum Gasteiger partial charge on any atom is 0.251 e. The summed E-state index contributed by atoms with van der Waals surface area (Å²) in [5.41, 5.74) is 7.66. The van der Waals surface area contributed by atoms with E-state index in [9.17, 15) is 4.79 Å². The first-order chi connectivity index (χ1) is 7.60. The van der Waals surface area contributed by atoms with E-state index in [4.69, 9.17) is 10.8 Å². The highest BCUT2D eigenvalue weighted by atomic mass is 16.3. The number of nitrogens with two attached hydrogens (primary N) is 1. The number of hydrogen-bond donors (Lipinski definition) is 3. The van der Waals surface area contributed by atoms with Gasteiger partial charge >= 0.3 is 0 Å². The molecule has 0 radical (unpaired) electrons. The molecule has 1 aromatic carbocycles. The number of aliphatic hydroxyl groups excluding tert-OH is 1. The topological polar surface area (TPSA) is 75.3 Å². The largest absolute Gasteiger partial charge is 0.398 e. The highest BCUT2D eigenvalue weighted by molar-refractivity contribution is 5.97. The van der Waals surface area contributed by atoms with Crippen molar-refractivity contribution in [3.8, 4) is 0 Å². The Balaban J connectivity index is 2.84. The van der Waals surface area contributed by atoms with Crippen LogP contribution in [0.15, 0.2) is 18.2 Å². The van der Waals surface area contributed by atoms with Gasteiger partial charge < -0.3 is 16.2 Å². The lowest BCUT2D eigenvalue weighted by atomic mass is 10.1. The summed E-state index contributed by atoms with van der Waals surface area (Å²) in [7, 11) is 0. The van der Waals surface area contributed by atoms with Gasteiger partial charge in [-0.3, -0.25) is 4.79 Å². The molecule has 16 heavy (non-hydrogen) atoms. The van der Waals surface area contributed by atoms with E-state index < -0.39 is 0 Å². The van der Waals surface area contributed by atoms with E-state index in [2.05, 4.69) is 5.32 Å². The average molecular weight is 222 g/mol. The molecule has 0 aromatic heterocycles. The summed E-state index contributed by atoms with van der Waals surface area (Å²) in [6.07, 6.45) is 0.698. The average Bonchev–Trinajstić information content (AvgIpc) is 2.29. The third-order valence-corrected chi connectivity index (χ3v) is 2.67. The number of benzene rings is 1. The zero-order chi connectivity index (χ0) is 12.1. The van der Waals surface area contributed by atoms with E-state index in [1.54, 1.807) is 18.2 Å². The fourth-order valence-corrected chi connectivity index (χ4v) is 1.44. The van der Waals surface area contributed by atoms with E-state index in [0.717, 1.165) is 5.56 Å². The second-order valence-corrected chi connectivity index (χ2v) is 3.78. The molecule has 0 bridgehead atoms. The van der Waals surface area contributed by atoms with Gasteiger partial charge in [-0.25, -0.2) is 0 Å². The number of anilines is 1. The molecule has 0 aliphatic rings. The summed E-state index contributed by atoms with van der Waals surface area (Å²) < 4.78 is 0. The Bertz CT molecular complexity index is 373. The molecule has 0 heterocycles. The predicted molar refractivity (Wildman–Crippen MR) is 64.2 cm³/mol. The summed E-state index contributed by atoms with van der Waals surface area (Å²) in [5.74, 6) is -0.189. The molecule has 1 rings (SSSR count). The van der Waals surface area contributed by atoms with Gasteiger partial charge in [-0.05, 0) is 31.0 Å². The third kappa shape index (κ3) is 2.73. The quantitative estimate of drug-likeness (QED) is 0.667.